The van der Waals surface area contributed by atoms with Gasteiger partial charge >= 0.3 is 0 Å². The molecule has 0 aromatic heterocycles. The lowest BCUT2D eigenvalue weighted by Crippen LogP contribution is -2.34. The van der Waals surface area contributed by atoms with Crippen LogP contribution in [0.5, 0.6) is 0 Å². The highest BCUT2D eigenvalue weighted by Gasteiger charge is 2.26. The summed E-state index contributed by atoms with van der Waals surface area (Å²) < 4.78 is 22.7. The Morgan fingerprint density at radius 2 is 1.94 bits per heavy atom. The highest BCUT2D eigenvalue weighted by molar-refractivity contribution is 7.89. The summed E-state index contributed by atoms with van der Waals surface area (Å²) in [5.41, 5.74) is 0.613. The Kier molecular flexibility index (Phi) is 2.90. The van der Waals surface area contributed by atoms with Crippen LogP contribution >= 0.6 is 0 Å². The van der Waals surface area contributed by atoms with E-state index >= 15 is 0 Å². The number of nitrogens with two attached hydrogens (primary N) is 1. The van der Waals surface area contributed by atoms with Gasteiger partial charge in [0.25, 0.3) is 0 Å². The molecule has 0 saturated heterocycles. The Balaban J connectivity index is 2.21. The molecule has 1 aliphatic rings. The third kappa shape index (κ3) is 2.36. The van der Waals surface area contributed by atoms with Gasteiger partial charge in [0.1, 0.15) is 4.90 Å². The molecule has 2 rings (SSSR count). The predicted octanol–water partition coefficient (Wildman–Crippen LogP) is 1.54. The molecule has 0 aliphatic heterocycles. The highest BCUT2D eigenvalue weighted by atomic mass is 32.2. The Hall–Kier alpha value is -1.07. The number of rotatable bonds is 3. The van der Waals surface area contributed by atoms with E-state index in [4.69, 9.17) is 5.14 Å². The molecule has 1 fully saturated rings. The van der Waals surface area contributed by atoms with E-state index in [0.717, 1.165) is 18.8 Å². The van der Waals surface area contributed by atoms with E-state index in [9.17, 15) is 8.42 Å². The molecule has 1 aliphatic carbocycles. The number of sulfonamides is 1. The van der Waals surface area contributed by atoms with Crippen LogP contribution in [-0.4, -0.2) is 14.5 Å². The number of nitrogens with one attached hydrogen (secondary N) is 1. The molecule has 3 N–H and O–H groups in total. The maximum atomic E-state index is 11.3. The molecular weight excluding hydrogens is 224 g/mol. The summed E-state index contributed by atoms with van der Waals surface area (Å²) in [6.07, 6.45) is 2.16. The molecule has 0 unspecified atom stereocenters. The van der Waals surface area contributed by atoms with Crippen LogP contribution in [0.4, 0.5) is 5.69 Å². The van der Waals surface area contributed by atoms with Gasteiger partial charge in [0.05, 0.1) is 5.69 Å². The number of primary sulfonamides is 1. The van der Waals surface area contributed by atoms with Gasteiger partial charge in [-0.2, -0.15) is 0 Å². The van der Waals surface area contributed by atoms with Gasteiger partial charge < -0.3 is 5.32 Å². The van der Waals surface area contributed by atoms with E-state index in [2.05, 4.69) is 12.2 Å². The number of hydrogen-bond acceptors (Lipinski definition) is 3. The predicted molar refractivity (Wildman–Crippen MR) is 63.6 cm³/mol. The molecule has 0 bridgehead atoms. The zero-order valence-electron chi connectivity index (χ0n) is 9.18. The quantitative estimate of drug-likeness (QED) is 0.842. The first kappa shape index (κ1) is 11.4. The monoisotopic (exact) mass is 240 g/mol. The second-order valence-electron chi connectivity index (χ2n) is 4.46. The van der Waals surface area contributed by atoms with Gasteiger partial charge in [-0.15, -0.1) is 0 Å². The Bertz CT molecular complexity index is 479. The number of hydrogen-bond donors (Lipinski definition) is 2. The first-order chi connectivity index (χ1) is 7.47. The molecule has 5 heteroatoms. The Morgan fingerprint density at radius 1 is 1.31 bits per heavy atom. The van der Waals surface area contributed by atoms with E-state index in [1.54, 1.807) is 18.2 Å². The van der Waals surface area contributed by atoms with E-state index < -0.39 is 10.0 Å². The van der Waals surface area contributed by atoms with Gasteiger partial charge in [0.2, 0.25) is 10.0 Å². The number of anilines is 1. The van der Waals surface area contributed by atoms with E-state index in [0.29, 0.717) is 11.7 Å². The van der Waals surface area contributed by atoms with Crippen molar-refractivity contribution in [3.05, 3.63) is 24.3 Å². The van der Waals surface area contributed by atoms with Crippen LogP contribution in [0.3, 0.4) is 0 Å². The number of para-hydroxylation sites is 1. The summed E-state index contributed by atoms with van der Waals surface area (Å²) in [5, 5.41) is 8.38. The molecule has 1 aromatic carbocycles. The fraction of sp³-hybridized carbons (Fsp3) is 0.455. The van der Waals surface area contributed by atoms with Crippen molar-refractivity contribution in [2.24, 2.45) is 11.1 Å². The van der Waals surface area contributed by atoms with Crippen molar-refractivity contribution in [3.63, 3.8) is 0 Å². The zero-order valence-corrected chi connectivity index (χ0v) is 10.00. The van der Waals surface area contributed by atoms with Crippen molar-refractivity contribution in [1.82, 2.24) is 0 Å². The second kappa shape index (κ2) is 4.07. The first-order valence-electron chi connectivity index (χ1n) is 5.35. The van der Waals surface area contributed by atoms with Gasteiger partial charge in [-0.25, -0.2) is 13.6 Å². The lowest BCUT2D eigenvalue weighted by Gasteiger charge is -2.34. The Labute approximate surface area is 95.9 Å². The van der Waals surface area contributed by atoms with Crippen molar-refractivity contribution < 1.29 is 8.42 Å². The summed E-state index contributed by atoms with van der Waals surface area (Å²) in [6, 6.07) is 7.13. The molecule has 0 amide bonds. The van der Waals surface area contributed by atoms with Crippen molar-refractivity contribution >= 4 is 15.7 Å². The van der Waals surface area contributed by atoms with Crippen LogP contribution in [0.15, 0.2) is 29.2 Å². The van der Waals surface area contributed by atoms with Crippen molar-refractivity contribution in [2.75, 3.05) is 5.32 Å². The minimum absolute atomic E-state index is 0.176. The van der Waals surface area contributed by atoms with Crippen LogP contribution < -0.4 is 10.5 Å². The van der Waals surface area contributed by atoms with Gasteiger partial charge in [0, 0.05) is 6.04 Å². The maximum Gasteiger partial charge on any atom is 0.240 e. The minimum Gasteiger partial charge on any atom is -0.381 e. The van der Waals surface area contributed by atoms with Crippen LogP contribution in [0, 0.1) is 5.92 Å². The molecule has 1 aromatic rings. The summed E-state index contributed by atoms with van der Waals surface area (Å²) in [6.45, 7) is 2.18. The van der Waals surface area contributed by atoms with Crippen molar-refractivity contribution in [1.29, 1.82) is 0 Å². The van der Waals surface area contributed by atoms with Crippen LogP contribution in [0.2, 0.25) is 0 Å². The average molecular weight is 240 g/mol. The average Bonchev–Trinajstić information content (AvgIpc) is 2.14. The van der Waals surface area contributed by atoms with Gasteiger partial charge in [0.15, 0.2) is 0 Å². The summed E-state index contributed by atoms with van der Waals surface area (Å²) in [7, 11) is -3.64. The molecule has 0 spiro atoms. The highest BCUT2D eigenvalue weighted by Crippen LogP contribution is 2.31. The van der Waals surface area contributed by atoms with Crippen LogP contribution in [0.1, 0.15) is 19.8 Å². The standard InChI is InChI=1S/C11H16N2O2S/c1-8-6-9(7-8)13-10-4-2-3-5-11(10)16(12,14)15/h2-5,8-9,13H,6-7H2,1H3,(H2,12,14,15). The SMILES string of the molecule is CC1CC(Nc2ccccc2S(N)(=O)=O)C1. The van der Waals surface area contributed by atoms with Crippen LogP contribution in [-0.2, 0) is 10.0 Å². The fourth-order valence-corrected chi connectivity index (χ4v) is 2.78. The van der Waals surface area contributed by atoms with Crippen molar-refractivity contribution in [2.45, 2.75) is 30.7 Å². The molecule has 0 radical (unpaired) electrons. The summed E-state index contributed by atoms with van der Waals surface area (Å²) in [4.78, 5) is 0.176. The molecular formula is C11H16N2O2S. The van der Waals surface area contributed by atoms with Gasteiger partial charge in [-0.1, -0.05) is 19.1 Å². The first-order valence-corrected chi connectivity index (χ1v) is 6.90. The molecule has 4 nitrogen and oxygen atoms in total. The molecule has 0 heterocycles. The molecule has 1 saturated carbocycles. The smallest absolute Gasteiger partial charge is 0.240 e. The molecule has 16 heavy (non-hydrogen) atoms. The zero-order chi connectivity index (χ0) is 11.8. The van der Waals surface area contributed by atoms with Crippen LogP contribution in [0.25, 0.3) is 0 Å². The van der Waals surface area contributed by atoms with Gasteiger partial charge in [-0.3, -0.25) is 0 Å². The van der Waals surface area contributed by atoms with Gasteiger partial charge in [-0.05, 0) is 30.9 Å². The molecule has 0 atom stereocenters. The summed E-state index contributed by atoms with van der Waals surface area (Å²) in [5.74, 6) is 0.721. The maximum absolute atomic E-state index is 11.3. The minimum atomic E-state index is -3.64. The fourth-order valence-electron chi connectivity index (χ4n) is 2.07. The number of benzene rings is 1. The Morgan fingerprint density at radius 3 is 2.50 bits per heavy atom. The normalized spacial score (nSPS) is 24.9. The lowest BCUT2D eigenvalue weighted by molar-refractivity contribution is 0.309. The summed E-state index contributed by atoms with van der Waals surface area (Å²) >= 11 is 0. The van der Waals surface area contributed by atoms with E-state index in [1.165, 1.54) is 6.07 Å². The topological polar surface area (TPSA) is 72.2 Å². The van der Waals surface area contributed by atoms with E-state index in [1.807, 2.05) is 0 Å². The largest absolute Gasteiger partial charge is 0.381 e. The second-order valence-corrected chi connectivity index (χ2v) is 5.99. The lowest BCUT2D eigenvalue weighted by atomic mass is 9.82. The third-order valence-corrected chi connectivity index (χ3v) is 3.90. The van der Waals surface area contributed by atoms with E-state index in [-0.39, 0.29) is 4.90 Å². The third-order valence-electron chi connectivity index (χ3n) is 2.93. The molecule has 88 valence electrons. The van der Waals surface area contributed by atoms with Crippen molar-refractivity contribution in [3.8, 4) is 0 Å².